The Hall–Kier alpha value is -3.60. The summed E-state index contributed by atoms with van der Waals surface area (Å²) in [5.41, 5.74) is 11.5. The van der Waals surface area contributed by atoms with Gasteiger partial charge in [0, 0.05) is 0 Å². The number of ether oxygens (including phenoxy) is 2. The fourth-order valence-corrected chi connectivity index (χ4v) is 6.17. The van der Waals surface area contributed by atoms with Crippen molar-refractivity contribution in [3.05, 3.63) is 128 Å². The molecule has 0 aromatic heterocycles. The Morgan fingerprint density at radius 1 is 0.579 bits per heavy atom. The molecule has 0 unspecified atom stereocenters. The minimum absolute atomic E-state index is 0.0197. The third-order valence-corrected chi connectivity index (χ3v) is 7.77. The highest BCUT2D eigenvalue weighted by molar-refractivity contribution is 5.70. The predicted octanol–water partition coefficient (Wildman–Crippen LogP) is 5.95. The fraction of sp³-hybridized carbons (Fsp3) is 0.294. The van der Waals surface area contributed by atoms with E-state index in [4.69, 9.17) is 9.47 Å². The highest BCUT2D eigenvalue weighted by atomic mass is 16.5. The normalized spacial score (nSPS) is 13.5. The summed E-state index contributed by atoms with van der Waals surface area (Å²) in [5, 5.41) is 18.7. The average Bonchev–Trinajstić information content (AvgIpc) is 2.92. The summed E-state index contributed by atoms with van der Waals surface area (Å²) in [5.74, 6) is 1.60. The van der Waals surface area contributed by atoms with Gasteiger partial charge in [-0.25, -0.2) is 0 Å². The lowest BCUT2D eigenvalue weighted by atomic mass is 9.58. The Bertz CT molecular complexity index is 1360. The van der Waals surface area contributed by atoms with Gasteiger partial charge in [0.1, 0.15) is 24.7 Å². The number of fused-ring (bicyclic) bond motifs is 2. The molecule has 0 amide bonds. The number of benzene rings is 4. The van der Waals surface area contributed by atoms with E-state index in [1.807, 2.05) is 0 Å². The van der Waals surface area contributed by atoms with Crippen molar-refractivity contribution in [3.8, 4) is 11.5 Å². The van der Waals surface area contributed by atoms with Crippen LogP contribution in [0.3, 0.4) is 0 Å². The highest BCUT2D eigenvalue weighted by Crippen LogP contribution is 2.53. The molecule has 0 saturated carbocycles. The summed E-state index contributed by atoms with van der Waals surface area (Å²) < 4.78 is 11.8. The highest BCUT2D eigenvalue weighted by Gasteiger charge is 2.45. The first-order valence-electron chi connectivity index (χ1n) is 13.3. The summed E-state index contributed by atoms with van der Waals surface area (Å²) in [4.78, 5) is 0. The van der Waals surface area contributed by atoms with Crippen LogP contribution < -0.4 is 9.47 Å². The van der Waals surface area contributed by atoms with E-state index in [-0.39, 0.29) is 26.4 Å². The van der Waals surface area contributed by atoms with E-state index in [1.54, 1.807) is 0 Å². The quantitative estimate of drug-likeness (QED) is 0.272. The van der Waals surface area contributed by atoms with Gasteiger partial charge in [0.2, 0.25) is 0 Å². The lowest BCUT2D eigenvalue weighted by molar-refractivity contribution is 0.200. The maximum atomic E-state index is 9.34. The molecule has 4 nitrogen and oxygen atoms in total. The summed E-state index contributed by atoms with van der Waals surface area (Å²) in [6.45, 7) is 8.96. The van der Waals surface area contributed by atoms with Gasteiger partial charge in [-0.05, 0) is 102 Å². The van der Waals surface area contributed by atoms with Gasteiger partial charge in [-0.2, -0.15) is 0 Å². The molecular weight excluding hydrogens is 472 g/mol. The molecule has 4 aromatic rings. The van der Waals surface area contributed by atoms with E-state index in [1.165, 1.54) is 33.4 Å². The number of hydrogen-bond donors (Lipinski definition) is 2. The van der Waals surface area contributed by atoms with Crippen LogP contribution in [0.4, 0.5) is 0 Å². The van der Waals surface area contributed by atoms with E-state index in [0.717, 1.165) is 40.2 Å². The van der Waals surface area contributed by atoms with Gasteiger partial charge >= 0.3 is 0 Å². The smallest absolute Gasteiger partial charge is 0.122 e. The van der Waals surface area contributed by atoms with Crippen LogP contribution in [0.1, 0.15) is 55.6 Å². The molecule has 0 spiro atoms. The predicted molar refractivity (Wildman–Crippen MR) is 152 cm³/mol. The molecule has 0 saturated heterocycles. The summed E-state index contributed by atoms with van der Waals surface area (Å²) in [6, 6.07) is 26.4. The van der Waals surface area contributed by atoms with Crippen LogP contribution in [0.2, 0.25) is 0 Å². The fourth-order valence-electron chi connectivity index (χ4n) is 6.17. The van der Waals surface area contributed by atoms with E-state index >= 15 is 0 Å². The Morgan fingerprint density at radius 2 is 1.00 bits per heavy atom. The average molecular weight is 509 g/mol. The van der Waals surface area contributed by atoms with Crippen molar-refractivity contribution in [1.29, 1.82) is 0 Å². The zero-order valence-corrected chi connectivity index (χ0v) is 22.7. The van der Waals surface area contributed by atoms with Crippen molar-refractivity contribution < 1.29 is 19.7 Å². The van der Waals surface area contributed by atoms with Crippen LogP contribution in [0.5, 0.6) is 11.5 Å². The molecule has 2 N–H and O–H groups in total. The van der Waals surface area contributed by atoms with E-state index < -0.39 is 5.41 Å². The molecule has 4 heteroatoms. The van der Waals surface area contributed by atoms with E-state index in [2.05, 4.69) is 100 Å². The maximum Gasteiger partial charge on any atom is 0.122 e. The monoisotopic (exact) mass is 508 g/mol. The molecular formula is C34H36O4. The van der Waals surface area contributed by atoms with Crippen molar-refractivity contribution in [2.75, 3.05) is 26.4 Å². The van der Waals surface area contributed by atoms with Gasteiger partial charge in [0.25, 0.3) is 0 Å². The molecule has 0 radical (unpaired) electrons. The standard InChI is InChI=1S/C34H36O4/c1-22-19-32(37-15-13-35)24(3)17-30(22)34(31-18-25(4)33(20-23(31)2)38-16-14-36)28-11-7-5-9-26(28)21-27-10-6-8-12-29(27)34/h5-12,17-20,35-36H,13-16,21H2,1-4H3. The molecule has 0 bridgehead atoms. The third-order valence-electron chi connectivity index (χ3n) is 7.77. The molecule has 196 valence electrons. The van der Waals surface area contributed by atoms with Crippen LogP contribution in [0, 0.1) is 27.7 Å². The van der Waals surface area contributed by atoms with Crippen molar-refractivity contribution >= 4 is 0 Å². The lowest BCUT2D eigenvalue weighted by Crippen LogP contribution is -2.37. The van der Waals surface area contributed by atoms with Crippen molar-refractivity contribution in [3.63, 3.8) is 0 Å². The van der Waals surface area contributed by atoms with E-state index in [9.17, 15) is 10.2 Å². The molecule has 0 heterocycles. The molecule has 0 aliphatic heterocycles. The van der Waals surface area contributed by atoms with Gasteiger partial charge < -0.3 is 19.7 Å². The first kappa shape index (κ1) is 26.0. The molecule has 5 rings (SSSR count). The SMILES string of the molecule is Cc1cc(C2(c3cc(C)c(OCCO)cc3C)c3ccccc3Cc3ccccc32)c(C)cc1OCCO. The zero-order chi connectivity index (χ0) is 26.9. The second-order valence-corrected chi connectivity index (χ2v) is 10.3. The zero-order valence-electron chi connectivity index (χ0n) is 22.7. The van der Waals surface area contributed by atoms with Crippen LogP contribution in [-0.2, 0) is 11.8 Å². The Balaban J connectivity index is 1.88. The van der Waals surface area contributed by atoms with Gasteiger partial charge in [-0.3, -0.25) is 0 Å². The van der Waals surface area contributed by atoms with Crippen LogP contribution in [-0.4, -0.2) is 36.6 Å². The number of aryl methyl sites for hydroxylation is 4. The molecule has 1 aliphatic carbocycles. The Labute approximate surface area is 225 Å². The number of aliphatic hydroxyl groups excluding tert-OH is 2. The van der Waals surface area contributed by atoms with Crippen LogP contribution >= 0.6 is 0 Å². The first-order valence-corrected chi connectivity index (χ1v) is 13.3. The molecule has 1 aliphatic rings. The van der Waals surface area contributed by atoms with Gasteiger partial charge in [0.15, 0.2) is 0 Å². The minimum atomic E-state index is -0.542. The Kier molecular flexibility index (Phi) is 7.29. The second-order valence-electron chi connectivity index (χ2n) is 10.3. The van der Waals surface area contributed by atoms with Crippen molar-refractivity contribution in [2.24, 2.45) is 0 Å². The molecule has 4 aromatic carbocycles. The topological polar surface area (TPSA) is 58.9 Å². The number of aliphatic hydroxyl groups is 2. The molecule has 0 atom stereocenters. The summed E-state index contributed by atoms with van der Waals surface area (Å²) in [7, 11) is 0. The first-order chi connectivity index (χ1) is 18.4. The van der Waals surface area contributed by atoms with Crippen molar-refractivity contribution in [1.82, 2.24) is 0 Å². The minimum Gasteiger partial charge on any atom is -0.491 e. The molecule has 0 fully saturated rings. The second kappa shape index (κ2) is 10.6. The van der Waals surface area contributed by atoms with Gasteiger partial charge in [-0.1, -0.05) is 60.7 Å². The lowest BCUT2D eigenvalue weighted by Gasteiger charge is -2.44. The van der Waals surface area contributed by atoms with Crippen molar-refractivity contribution in [2.45, 2.75) is 39.5 Å². The maximum absolute atomic E-state index is 9.34. The molecule has 38 heavy (non-hydrogen) atoms. The van der Waals surface area contributed by atoms with E-state index in [0.29, 0.717) is 0 Å². The van der Waals surface area contributed by atoms with Gasteiger partial charge in [0.05, 0.1) is 18.6 Å². The summed E-state index contributed by atoms with van der Waals surface area (Å²) in [6.07, 6.45) is 0.888. The number of rotatable bonds is 8. The van der Waals surface area contributed by atoms with Crippen LogP contribution in [0.25, 0.3) is 0 Å². The van der Waals surface area contributed by atoms with Crippen LogP contribution in [0.15, 0.2) is 72.8 Å². The van der Waals surface area contributed by atoms with Gasteiger partial charge in [-0.15, -0.1) is 0 Å². The third kappa shape index (κ3) is 4.28. The summed E-state index contributed by atoms with van der Waals surface area (Å²) >= 11 is 0. The largest absolute Gasteiger partial charge is 0.491 e. The Morgan fingerprint density at radius 3 is 1.42 bits per heavy atom. The number of hydrogen-bond acceptors (Lipinski definition) is 4.